The molecule has 34 heavy (non-hydrogen) atoms. The Hall–Kier alpha value is -3.44. The highest BCUT2D eigenvalue weighted by molar-refractivity contribution is 7.80. The van der Waals surface area contributed by atoms with E-state index in [-0.39, 0.29) is 12.1 Å². The molecule has 3 heterocycles. The Morgan fingerprint density at radius 3 is 2.35 bits per heavy atom. The molecule has 0 saturated carbocycles. The molecule has 1 N–H and O–H groups in total. The molecule has 1 aliphatic heterocycles. The number of rotatable bonds is 5. The maximum atomic E-state index is 5.92. The zero-order valence-corrected chi connectivity index (χ0v) is 20.9. The Balaban J connectivity index is 1.68. The number of hydrogen-bond donors (Lipinski definition) is 1. The second-order valence-electron chi connectivity index (χ2n) is 8.96. The second-order valence-corrected chi connectivity index (χ2v) is 9.35. The van der Waals surface area contributed by atoms with Crippen molar-refractivity contribution < 1.29 is 0 Å². The van der Waals surface area contributed by atoms with E-state index < -0.39 is 0 Å². The zero-order valence-electron chi connectivity index (χ0n) is 20.1. The molecule has 2 aromatic heterocycles. The zero-order chi connectivity index (χ0) is 23.8. The number of aryl methyl sites for hydroxylation is 3. The minimum absolute atomic E-state index is 0.0150. The number of aromatic nitrogens is 2. The molecule has 2 aromatic carbocycles. The van der Waals surface area contributed by atoms with Crippen LogP contribution in [0.4, 0.5) is 5.69 Å². The first-order valence-electron chi connectivity index (χ1n) is 11.8. The maximum Gasteiger partial charge on any atom is 0.174 e. The first-order chi connectivity index (χ1) is 16.5. The van der Waals surface area contributed by atoms with Crippen LogP contribution in [0.1, 0.15) is 52.8 Å². The van der Waals surface area contributed by atoms with Gasteiger partial charge in [-0.2, -0.15) is 0 Å². The van der Waals surface area contributed by atoms with Crippen LogP contribution in [-0.4, -0.2) is 14.7 Å². The molecule has 1 saturated heterocycles. The van der Waals surface area contributed by atoms with Gasteiger partial charge in [0.1, 0.15) is 0 Å². The highest BCUT2D eigenvalue weighted by Crippen LogP contribution is 2.43. The summed E-state index contributed by atoms with van der Waals surface area (Å²) >= 11 is 5.92. The van der Waals surface area contributed by atoms with Gasteiger partial charge in [0.25, 0.3) is 0 Å². The number of para-hydroxylation sites is 1. The fraction of sp³-hybridized carbons (Fsp3) is 0.241. The summed E-state index contributed by atoms with van der Waals surface area (Å²) in [6, 6.07) is 25.6. The van der Waals surface area contributed by atoms with Crippen LogP contribution < -0.4 is 10.2 Å². The molecular formula is C29H30N4S. The predicted molar refractivity (Wildman–Crippen MR) is 144 cm³/mol. The number of nitrogens with one attached hydrogen (secondary N) is 1. The van der Waals surface area contributed by atoms with Gasteiger partial charge in [-0.05, 0) is 92.5 Å². The lowest BCUT2D eigenvalue weighted by Crippen LogP contribution is -2.29. The number of anilines is 1. The van der Waals surface area contributed by atoms with Crippen LogP contribution >= 0.6 is 12.2 Å². The average Bonchev–Trinajstić information content (AvgIpc) is 3.35. The van der Waals surface area contributed by atoms with Gasteiger partial charge in [-0.3, -0.25) is 4.98 Å². The maximum absolute atomic E-state index is 5.92. The van der Waals surface area contributed by atoms with Gasteiger partial charge in [0, 0.05) is 29.0 Å². The molecule has 0 spiro atoms. The summed E-state index contributed by atoms with van der Waals surface area (Å²) in [5.41, 5.74) is 9.55. The summed E-state index contributed by atoms with van der Waals surface area (Å²) < 4.78 is 2.36. The van der Waals surface area contributed by atoms with E-state index in [9.17, 15) is 0 Å². The molecule has 2 unspecified atom stereocenters. The van der Waals surface area contributed by atoms with E-state index in [1.54, 1.807) is 0 Å². The van der Waals surface area contributed by atoms with E-state index in [0.717, 1.165) is 22.9 Å². The van der Waals surface area contributed by atoms with Crippen molar-refractivity contribution in [2.45, 2.75) is 46.2 Å². The van der Waals surface area contributed by atoms with E-state index >= 15 is 0 Å². The van der Waals surface area contributed by atoms with Gasteiger partial charge in [0.2, 0.25) is 0 Å². The molecule has 2 atom stereocenters. The van der Waals surface area contributed by atoms with Crippen LogP contribution in [0.25, 0.3) is 5.69 Å². The summed E-state index contributed by atoms with van der Waals surface area (Å²) in [6.45, 7) is 8.74. The van der Waals surface area contributed by atoms with E-state index in [1.165, 1.54) is 33.8 Å². The molecule has 5 heteroatoms. The van der Waals surface area contributed by atoms with Crippen molar-refractivity contribution in [2.75, 3.05) is 4.90 Å². The molecule has 4 nitrogen and oxygen atoms in total. The lowest BCUT2D eigenvalue weighted by atomic mass is 9.96. The molecule has 4 aromatic rings. The summed E-state index contributed by atoms with van der Waals surface area (Å²) in [4.78, 5) is 6.96. The Morgan fingerprint density at radius 1 is 0.941 bits per heavy atom. The van der Waals surface area contributed by atoms with Gasteiger partial charge in [0.15, 0.2) is 5.11 Å². The van der Waals surface area contributed by atoms with E-state index in [4.69, 9.17) is 17.2 Å². The number of hydrogen-bond acceptors (Lipinski definition) is 2. The van der Waals surface area contributed by atoms with E-state index in [2.05, 4.69) is 103 Å². The van der Waals surface area contributed by atoms with Gasteiger partial charge < -0.3 is 14.8 Å². The van der Waals surface area contributed by atoms with Crippen molar-refractivity contribution in [3.8, 4) is 5.69 Å². The molecule has 172 valence electrons. The molecule has 0 aliphatic carbocycles. The molecule has 1 fully saturated rings. The van der Waals surface area contributed by atoms with Gasteiger partial charge in [-0.15, -0.1) is 0 Å². The Kier molecular flexibility index (Phi) is 5.96. The number of nitrogens with zero attached hydrogens (tertiary/aromatic N) is 3. The monoisotopic (exact) mass is 466 g/mol. The third kappa shape index (κ3) is 3.80. The van der Waals surface area contributed by atoms with Crippen molar-refractivity contribution in [3.63, 3.8) is 0 Å². The van der Waals surface area contributed by atoms with Gasteiger partial charge >= 0.3 is 0 Å². The Morgan fingerprint density at radius 2 is 1.68 bits per heavy atom. The molecule has 1 aliphatic rings. The number of benzene rings is 2. The van der Waals surface area contributed by atoms with Crippen LogP contribution in [0.15, 0.2) is 79.0 Å². The van der Waals surface area contributed by atoms with Crippen LogP contribution in [0, 0.1) is 20.8 Å². The largest absolute Gasteiger partial charge is 0.351 e. The quantitative estimate of drug-likeness (QED) is 0.339. The lowest BCUT2D eigenvalue weighted by Gasteiger charge is -2.28. The highest BCUT2D eigenvalue weighted by Gasteiger charge is 2.42. The second kappa shape index (κ2) is 9.07. The minimum atomic E-state index is -0.0506. The minimum Gasteiger partial charge on any atom is -0.351 e. The highest BCUT2D eigenvalue weighted by atomic mass is 32.1. The van der Waals surface area contributed by atoms with Gasteiger partial charge in [0.05, 0.1) is 17.8 Å². The molecule has 0 bridgehead atoms. The SMILES string of the molecule is CCc1ccc(N2C(=S)NC(c3ccccn3)C2c2cc(C)n(-c3ccccc3C)c2C)cc1. The van der Waals surface area contributed by atoms with E-state index in [1.807, 2.05) is 18.3 Å². The molecule has 0 radical (unpaired) electrons. The first kappa shape index (κ1) is 22.4. The van der Waals surface area contributed by atoms with Crippen molar-refractivity contribution in [1.29, 1.82) is 0 Å². The topological polar surface area (TPSA) is 33.1 Å². The van der Waals surface area contributed by atoms with Crippen molar-refractivity contribution in [3.05, 3.63) is 113 Å². The fourth-order valence-corrected chi connectivity index (χ4v) is 5.46. The molecule has 5 rings (SSSR count). The first-order valence-corrected chi connectivity index (χ1v) is 12.2. The third-order valence-electron chi connectivity index (χ3n) is 6.87. The Labute approximate surface area is 207 Å². The number of thiocarbonyl (C=S) groups is 1. The third-order valence-corrected chi connectivity index (χ3v) is 7.18. The summed E-state index contributed by atoms with van der Waals surface area (Å²) in [5.74, 6) is 0. The van der Waals surface area contributed by atoms with Crippen LogP contribution in [-0.2, 0) is 6.42 Å². The van der Waals surface area contributed by atoms with Gasteiger partial charge in [-0.1, -0.05) is 43.3 Å². The summed E-state index contributed by atoms with van der Waals surface area (Å²) in [5, 5.41) is 4.32. The van der Waals surface area contributed by atoms with Crippen molar-refractivity contribution in [2.24, 2.45) is 0 Å². The van der Waals surface area contributed by atoms with Gasteiger partial charge in [-0.25, -0.2) is 0 Å². The van der Waals surface area contributed by atoms with E-state index in [0.29, 0.717) is 0 Å². The van der Waals surface area contributed by atoms with Crippen molar-refractivity contribution in [1.82, 2.24) is 14.9 Å². The fourth-order valence-electron chi connectivity index (χ4n) is 5.11. The van der Waals surface area contributed by atoms with Crippen LogP contribution in [0.3, 0.4) is 0 Å². The predicted octanol–water partition coefficient (Wildman–Crippen LogP) is 6.54. The molecule has 0 amide bonds. The van der Waals surface area contributed by atoms with Crippen molar-refractivity contribution >= 4 is 23.0 Å². The Bertz CT molecular complexity index is 1320. The average molecular weight is 467 g/mol. The standard InChI is InChI=1S/C29H30N4S/c1-5-22-13-15-23(16-14-22)33-28(27(31-29(33)34)25-11-8-9-17-30-25)24-18-20(3)32(21(24)4)26-12-7-6-10-19(26)2/h6-18,27-28H,5H2,1-4H3,(H,31,34). The number of pyridine rings is 1. The van der Waals surface area contributed by atoms with Crippen LogP contribution in [0.5, 0.6) is 0 Å². The molecular weight excluding hydrogens is 436 g/mol. The normalized spacial score (nSPS) is 17.8. The lowest BCUT2D eigenvalue weighted by molar-refractivity contribution is 0.565. The smallest absolute Gasteiger partial charge is 0.174 e. The summed E-state index contributed by atoms with van der Waals surface area (Å²) in [7, 11) is 0. The summed E-state index contributed by atoms with van der Waals surface area (Å²) in [6.07, 6.45) is 2.87. The van der Waals surface area contributed by atoms with Crippen LogP contribution in [0.2, 0.25) is 0 Å².